The maximum absolute atomic E-state index is 13.3. The van der Waals surface area contributed by atoms with E-state index in [9.17, 15) is 9.59 Å². The molecule has 0 aliphatic carbocycles. The minimum Gasteiger partial charge on any atom is -0.465 e. The van der Waals surface area contributed by atoms with Crippen LogP contribution in [0.15, 0.2) is 60.7 Å². The summed E-state index contributed by atoms with van der Waals surface area (Å²) in [4.78, 5) is 29.8. The molecule has 1 fully saturated rings. The Kier molecular flexibility index (Phi) is 5.80. The zero-order valence-corrected chi connectivity index (χ0v) is 18.2. The van der Waals surface area contributed by atoms with Gasteiger partial charge in [-0.2, -0.15) is 0 Å². The van der Waals surface area contributed by atoms with E-state index in [1.807, 2.05) is 53.6 Å². The number of carbonyl (C=O) groups excluding carboxylic acids is 2. The van der Waals surface area contributed by atoms with E-state index in [0.717, 1.165) is 24.5 Å². The third-order valence-corrected chi connectivity index (χ3v) is 5.85. The highest BCUT2D eigenvalue weighted by molar-refractivity contribution is 5.99. The standard InChI is InChI=1S/C25H27N3O3/c1-18-9-10-19(2)28(18)23-17-20(11-12-22(23)25(30)31-3)24(29)27-15-13-26(14-16-27)21-7-5-4-6-8-21/h4-12,17H,13-16H2,1-3H3. The Balaban J connectivity index is 1.59. The van der Waals surface area contributed by atoms with Gasteiger partial charge in [0.2, 0.25) is 0 Å². The van der Waals surface area contributed by atoms with E-state index in [0.29, 0.717) is 29.9 Å². The summed E-state index contributed by atoms with van der Waals surface area (Å²) >= 11 is 0. The first-order chi connectivity index (χ1) is 15.0. The largest absolute Gasteiger partial charge is 0.465 e. The van der Waals surface area contributed by atoms with Crippen LogP contribution in [0.4, 0.5) is 5.69 Å². The number of aromatic nitrogens is 1. The topological polar surface area (TPSA) is 54.8 Å². The van der Waals surface area contributed by atoms with Crippen molar-refractivity contribution in [2.45, 2.75) is 13.8 Å². The Morgan fingerprint density at radius 3 is 2.10 bits per heavy atom. The number of amides is 1. The molecule has 1 aliphatic rings. The summed E-state index contributed by atoms with van der Waals surface area (Å²) in [7, 11) is 1.37. The molecule has 160 valence electrons. The molecule has 2 heterocycles. The van der Waals surface area contributed by atoms with Crippen molar-refractivity contribution in [2.24, 2.45) is 0 Å². The second kappa shape index (κ2) is 8.68. The van der Waals surface area contributed by atoms with E-state index in [4.69, 9.17) is 4.74 Å². The lowest BCUT2D eigenvalue weighted by molar-refractivity contribution is 0.0599. The fraction of sp³-hybridized carbons (Fsp3) is 0.280. The van der Waals surface area contributed by atoms with Gasteiger partial charge in [0.05, 0.1) is 18.4 Å². The van der Waals surface area contributed by atoms with Crippen molar-refractivity contribution >= 4 is 17.6 Å². The number of anilines is 1. The molecule has 2 aromatic carbocycles. The number of nitrogens with zero attached hydrogens (tertiary/aromatic N) is 3. The van der Waals surface area contributed by atoms with Crippen molar-refractivity contribution in [3.05, 3.63) is 83.2 Å². The molecule has 31 heavy (non-hydrogen) atoms. The van der Waals surface area contributed by atoms with Crippen LogP contribution in [0.2, 0.25) is 0 Å². The molecule has 3 aromatic rings. The highest BCUT2D eigenvalue weighted by Gasteiger charge is 2.24. The van der Waals surface area contributed by atoms with Gasteiger partial charge in [-0.3, -0.25) is 4.79 Å². The molecule has 0 atom stereocenters. The van der Waals surface area contributed by atoms with Crippen LogP contribution < -0.4 is 4.90 Å². The summed E-state index contributed by atoms with van der Waals surface area (Å²) in [5.74, 6) is -0.439. The lowest BCUT2D eigenvalue weighted by atomic mass is 10.1. The second-order valence-corrected chi connectivity index (χ2v) is 7.79. The van der Waals surface area contributed by atoms with Crippen LogP contribution in [0.5, 0.6) is 0 Å². The van der Waals surface area contributed by atoms with Crippen molar-refractivity contribution in [1.82, 2.24) is 9.47 Å². The monoisotopic (exact) mass is 417 g/mol. The van der Waals surface area contributed by atoms with Crippen molar-refractivity contribution < 1.29 is 14.3 Å². The van der Waals surface area contributed by atoms with E-state index in [1.165, 1.54) is 12.8 Å². The molecule has 1 aromatic heterocycles. The zero-order valence-electron chi connectivity index (χ0n) is 18.2. The zero-order chi connectivity index (χ0) is 22.0. The molecular formula is C25H27N3O3. The van der Waals surface area contributed by atoms with Gasteiger partial charge >= 0.3 is 5.97 Å². The summed E-state index contributed by atoms with van der Waals surface area (Å²) in [5.41, 5.74) is 4.84. The number of esters is 1. The number of hydrogen-bond acceptors (Lipinski definition) is 4. The van der Waals surface area contributed by atoms with Gasteiger partial charge in [-0.1, -0.05) is 18.2 Å². The summed E-state index contributed by atoms with van der Waals surface area (Å²) < 4.78 is 6.95. The predicted octanol–water partition coefficient (Wildman–Crippen LogP) is 3.84. The number of aryl methyl sites for hydroxylation is 2. The van der Waals surface area contributed by atoms with Crippen LogP contribution in [0.25, 0.3) is 5.69 Å². The van der Waals surface area contributed by atoms with E-state index in [2.05, 4.69) is 17.0 Å². The number of benzene rings is 2. The third kappa shape index (κ3) is 4.06. The predicted molar refractivity (Wildman–Crippen MR) is 121 cm³/mol. The molecule has 1 amide bonds. The third-order valence-electron chi connectivity index (χ3n) is 5.85. The normalized spacial score (nSPS) is 13.9. The molecule has 0 N–H and O–H groups in total. The molecule has 6 heteroatoms. The van der Waals surface area contributed by atoms with Gasteiger partial charge in [0, 0.05) is 48.8 Å². The van der Waals surface area contributed by atoms with Gasteiger partial charge in [0.25, 0.3) is 5.91 Å². The molecule has 0 saturated carbocycles. The number of rotatable bonds is 4. The molecule has 0 spiro atoms. The Hall–Kier alpha value is -3.54. The van der Waals surface area contributed by atoms with E-state index < -0.39 is 5.97 Å². The van der Waals surface area contributed by atoms with Gasteiger partial charge in [-0.05, 0) is 56.3 Å². The molecule has 1 saturated heterocycles. The van der Waals surface area contributed by atoms with Gasteiger partial charge in [0.15, 0.2) is 0 Å². The molecule has 6 nitrogen and oxygen atoms in total. The first-order valence-electron chi connectivity index (χ1n) is 10.5. The summed E-state index contributed by atoms with van der Waals surface area (Å²) in [6, 6.07) is 19.5. The van der Waals surface area contributed by atoms with E-state index in [1.54, 1.807) is 18.2 Å². The van der Waals surface area contributed by atoms with Crippen LogP contribution in [-0.2, 0) is 4.74 Å². The van der Waals surface area contributed by atoms with Crippen LogP contribution in [-0.4, -0.2) is 54.6 Å². The molecule has 0 bridgehead atoms. The summed E-state index contributed by atoms with van der Waals surface area (Å²) in [5, 5.41) is 0. The van der Waals surface area contributed by atoms with Gasteiger partial charge < -0.3 is 19.1 Å². The van der Waals surface area contributed by atoms with Crippen LogP contribution >= 0.6 is 0 Å². The summed E-state index contributed by atoms with van der Waals surface area (Å²) in [6.45, 7) is 6.85. The average molecular weight is 418 g/mol. The number of hydrogen-bond donors (Lipinski definition) is 0. The first kappa shape index (κ1) is 20.7. The maximum Gasteiger partial charge on any atom is 0.339 e. The SMILES string of the molecule is COC(=O)c1ccc(C(=O)N2CCN(c3ccccc3)CC2)cc1-n1c(C)ccc1C. The number of carbonyl (C=O) groups is 2. The number of piperazine rings is 1. The lowest BCUT2D eigenvalue weighted by Gasteiger charge is -2.36. The quantitative estimate of drug-likeness (QED) is 0.605. The first-order valence-corrected chi connectivity index (χ1v) is 10.5. The Bertz CT molecular complexity index is 1080. The minimum absolute atomic E-state index is 0.0205. The van der Waals surface area contributed by atoms with Crippen LogP contribution in [0.3, 0.4) is 0 Å². The minimum atomic E-state index is -0.419. The maximum atomic E-state index is 13.3. The number of para-hydroxylation sites is 1. The highest BCUT2D eigenvalue weighted by atomic mass is 16.5. The van der Waals surface area contributed by atoms with Crippen LogP contribution in [0.1, 0.15) is 32.1 Å². The van der Waals surface area contributed by atoms with Gasteiger partial charge in [-0.15, -0.1) is 0 Å². The van der Waals surface area contributed by atoms with Crippen molar-refractivity contribution in [2.75, 3.05) is 38.2 Å². The Morgan fingerprint density at radius 1 is 0.839 bits per heavy atom. The average Bonchev–Trinajstić information content (AvgIpc) is 3.16. The fourth-order valence-electron chi connectivity index (χ4n) is 4.17. The molecule has 0 radical (unpaired) electrons. The van der Waals surface area contributed by atoms with Crippen molar-refractivity contribution in [3.8, 4) is 5.69 Å². The summed E-state index contributed by atoms with van der Waals surface area (Å²) in [6.07, 6.45) is 0. The Morgan fingerprint density at radius 2 is 1.48 bits per heavy atom. The van der Waals surface area contributed by atoms with E-state index in [-0.39, 0.29) is 5.91 Å². The Labute approximate surface area is 182 Å². The molecular weight excluding hydrogens is 390 g/mol. The number of methoxy groups -OCH3 is 1. The molecule has 1 aliphatic heterocycles. The van der Waals surface area contributed by atoms with Gasteiger partial charge in [-0.25, -0.2) is 4.79 Å². The van der Waals surface area contributed by atoms with E-state index >= 15 is 0 Å². The van der Waals surface area contributed by atoms with Crippen molar-refractivity contribution in [1.29, 1.82) is 0 Å². The van der Waals surface area contributed by atoms with Crippen LogP contribution in [0, 0.1) is 13.8 Å². The van der Waals surface area contributed by atoms with Gasteiger partial charge in [0.1, 0.15) is 0 Å². The second-order valence-electron chi connectivity index (χ2n) is 7.79. The number of ether oxygens (including phenoxy) is 1. The molecule has 0 unspecified atom stereocenters. The molecule has 4 rings (SSSR count). The smallest absolute Gasteiger partial charge is 0.339 e. The van der Waals surface area contributed by atoms with Crippen molar-refractivity contribution in [3.63, 3.8) is 0 Å². The fourth-order valence-corrected chi connectivity index (χ4v) is 4.17. The lowest BCUT2D eigenvalue weighted by Crippen LogP contribution is -2.48. The highest BCUT2D eigenvalue weighted by Crippen LogP contribution is 2.24.